The van der Waals surface area contributed by atoms with Crippen molar-refractivity contribution in [3.05, 3.63) is 54.7 Å². The number of aromatic amines is 1. The van der Waals surface area contributed by atoms with Crippen LogP contribution in [0.25, 0.3) is 27.8 Å². The number of nitrogens with one attached hydrogen (secondary N) is 2. The van der Waals surface area contributed by atoms with E-state index in [1.165, 1.54) is 5.56 Å². The lowest BCUT2D eigenvalue weighted by atomic mass is 10.1. The fourth-order valence-electron chi connectivity index (χ4n) is 3.80. The highest BCUT2D eigenvalue weighted by atomic mass is 16.5. The number of H-pyrrole nitrogens is 1. The van der Waals surface area contributed by atoms with Crippen LogP contribution in [-0.2, 0) is 4.74 Å². The molecule has 28 heavy (non-hydrogen) atoms. The van der Waals surface area contributed by atoms with Crippen LogP contribution in [0.4, 0.5) is 5.82 Å². The van der Waals surface area contributed by atoms with Crippen molar-refractivity contribution >= 4 is 16.9 Å². The SMILES string of the molecule is Cc1cccc(-n2cc(-c3cn[nH]c3)c3c(NC4CCOCC4)ncnc32)c1. The van der Waals surface area contributed by atoms with Gasteiger partial charge in [-0.1, -0.05) is 12.1 Å². The Bertz CT molecular complexity index is 1100. The normalized spacial score (nSPS) is 15.2. The lowest BCUT2D eigenvalue weighted by Gasteiger charge is -2.24. The molecular weight excluding hydrogens is 352 g/mol. The van der Waals surface area contributed by atoms with Crippen LogP contribution in [0.1, 0.15) is 18.4 Å². The predicted molar refractivity (Wildman–Crippen MR) is 109 cm³/mol. The van der Waals surface area contributed by atoms with Crippen LogP contribution in [0, 0.1) is 6.92 Å². The number of fused-ring (bicyclic) bond motifs is 1. The van der Waals surface area contributed by atoms with Crippen LogP contribution in [0.15, 0.2) is 49.2 Å². The van der Waals surface area contributed by atoms with E-state index in [2.05, 4.69) is 67.4 Å². The summed E-state index contributed by atoms with van der Waals surface area (Å²) in [5, 5.41) is 11.7. The van der Waals surface area contributed by atoms with E-state index in [0.29, 0.717) is 6.04 Å². The van der Waals surface area contributed by atoms with Gasteiger partial charge < -0.3 is 14.6 Å². The quantitative estimate of drug-likeness (QED) is 0.569. The number of rotatable bonds is 4. The molecule has 2 N–H and O–H groups in total. The molecule has 0 aliphatic carbocycles. The summed E-state index contributed by atoms with van der Waals surface area (Å²) in [6.07, 6.45) is 9.45. The Morgan fingerprint density at radius 2 is 2.11 bits per heavy atom. The van der Waals surface area contributed by atoms with Crippen molar-refractivity contribution in [3.63, 3.8) is 0 Å². The summed E-state index contributed by atoms with van der Waals surface area (Å²) in [5.74, 6) is 0.861. The number of hydrogen-bond acceptors (Lipinski definition) is 5. The molecule has 1 aliphatic rings. The van der Waals surface area contributed by atoms with Gasteiger partial charge in [-0.05, 0) is 37.5 Å². The number of nitrogens with zero attached hydrogens (tertiary/aromatic N) is 4. The molecule has 0 bridgehead atoms. The molecule has 0 atom stereocenters. The topological polar surface area (TPSA) is 80.7 Å². The first kappa shape index (κ1) is 16.9. The summed E-state index contributed by atoms with van der Waals surface area (Å²) in [6, 6.07) is 8.77. The van der Waals surface area contributed by atoms with Crippen LogP contribution in [-0.4, -0.2) is 44.0 Å². The van der Waals surface area contributed by atoms with Crippen molar-refractivity contribution in [2.75, 3.05) is 18.5 Å². The van der Waals surface area contributed by atoms with E-state index in [0.717, 1.165) is 59.7 Å². The highest BCUT2D eigenvalue weighted by Crippen LogP contribution is 2.35. The second-order valence-corrected chi connectivity index (χ2v) is 7.19. The lowest BCUT2D eigenvalue weighted by molar-refractivity contribution is 0.0904. The molecule has 1 saturated heterocycles. The van der Waals surface area contributed by atoms with Crippen molar-refractivity contribution in [3.8, 4) is 16.8 Å². The second-order valence-electron chi connectivity index (χ2n) is 7.19. The van der Waals surface area contributed by atoms with Gasteiger partial charge in [0, 0.05) is 48.5 Å². The summed E-state index contributed by atoms with van der Waals surface area (Å²) >= 11 is 0. The number of aryl methyl sites for hydroxylation is 1. The van der Waals surface area contributed by atoms with Gasteiger partial charge in [0.15, 0.2) is 5.65 Å². The third kappa shape index (κ3) is 3.03. The summed E-state index contributed by atoms with van der Waals surface area (Å²) in [7, 11) is 0. The molecule has 0 radical (unpaired) electrons. The number of aromatic nitrogens is 5. The van der Waals surface area contributed by atoms with E-state index >= 15 is 0 Å². The first-order valence-corrected chi connectivity index (χ1v) is 9.56. The van der Waals surface area contributed by atoms with Crippen LogP contribution in [0.3, 0.4) is 0 Å². The van der Waals surface area contributed by atoms with Gasteiger partial charge in [-0.2, -0.15) is 5.10 Å². The van der Waals surface area contributed by atoms with E-state index in [1.54, 1.807) is 6.33 Å². The van der Waals surface area contributed by atoms with E-state index < -0.39 is 0 Å². The highest BCUT2D eigenvalue weighted by Gasteiger charge is 2.21. The molecule has 7 nitrogen and oxygen atoms in total. The number of benzene rings is 1. The number of hydrogen-bond donors (Lipinski definition) is 2. The van der Waals surface area contributed by atoms with Crippen molar-refractivity contribution in [1.82, 2.24) is 24.7 Å². The molecule has 7 heteroatoms. The van der Waals surface area contributed by atoms with Crippen LogP contribution >= 0.6 is 0 Å². The molecule has 1 aromatic carbocycles. The third-order valence-corrected chi connectivity index (χ3v) is 5.23. The fraction of sp³-hybridized carbons (Fsp3) is 0.286. The fourth-order valence-corrected chi connectivity index (χ4v) is 3.80. The zero-order valence-electron chi connectivity index (χ0n) is 15.7. The van der Waals surface area contributed by atoms with Gasteiger partial charge in [0.2, 0.25) is 0 Å². The van der Waals surface area contributed by atoms with Crippen LogP contribution in [0.2, 0.25) is 0 Å². The lowest BCUT2D eigenvalue weighted by Crippen LogP contribution is -2.28. The largest absolute Gasteiger partial charge is 0.381 e. The molecule has 5 rings (SSSR count). The zero-order valence-corrected chi connectivity index (χ0v) is 15.7. The summed E-state index contributed by atoms with van der Waals surface area (Å²) in [5.41, 5.74) is 5.24. The molecule has 1 aliphatic heterocycles. The minimum atomic E-state index is 0.353. The third-order valence-electron chi connectivity index (χ3n) is 5.23. The average Bonchev–Trinajstić information content (AvgIpc) is 3.37. The Labute approximate surface area is 162 Å². The first-order chi connectivity index (χ1) is 13.8. The van der Waals surface area contributed by atoms with Crippen molar-refractivity contribution in [2.24, 2.45) is 0 Å². The summed E-state index contributed by atoms with van der Waals surface area (Å²) in [4.78, 5) is 9.22. The van der Waals surface area contributed by atoms with Gasteiger partial charge in [0.05, 0.1) is 11.6 Å². The minimum absolute atomic E-state index is 0.353. The predicted octanol–water partition coefficient (Wildman–Crippen LogP) is 3.71. The van der Waals surface area contributed by atoms with Gasteiger partial charge in [-0.15, -0.1) is 0 Å². The Balaban J connectivity index is 1.69. The molecule has 4 aromatic rings. The standard InChI is InChI=1S/C21H22N6O/c1-14-3-2-4-17(9-14)27-12-18(15-10-24-25-11-15)19-20(22-13-23-21(19)27)26-16-5-7-28-8-6-16/h2-4,9-13,16H,5-8H2,1H3,(H,24,25)(H,22,23,26). The molecule has 0 amide bonds. The smallest absolute Gasteiger partial charge is 0.150 e. The van der Waals surface area contributed by atoms with Crippen molar-refractivity contribution in [1.29, 1.82) is 0 Å². The number of anilines is 1. The molecular formula is C21H22N6O. The molecule has 0 saturated carbocycles. The van der Waals surface area contributed by atoms with Crippen LogP contribution < -0.4 is 5.32 Å². The Morgan fingerprint density at radius 1 is 1.21 bits per heavy atom. The van der Waals surface area contributed by atoms with Crippen molar-refractivity contribution in [2.45, 2.75) is 25.8 Å². The molecule has 4 heterocycles. The summed E-state index contributed by atoms with van der Waals surface area (Å²) in [6.45, 7) is 3.66. The van der Waals surface area contributed by atoms with E-state index in [1.807, 2.05) is 12.4 Å². The van der Waals surface area contributed by atoms with Gasteiger partial charge in [0.1, 0.15) is 12.1 Å². The van der Waals surface area contributed by atoms with Gasteiger partial charge in [0.25, 0.3) is 0 Å². The van der Waals surface area contributed by atoms with Gasteiger partial charge >= 0.3 is 0 Å². The molecule has 1 fully saturated rings. The average molecular weight is 374 g/mol. The Morgan fingerprint density at radius 3 is 2.89 bits per heavy atom. The maximum absolute atomic E-state index is 5.49. The molecule has 0 spiro atoms. The first-order valence-electron chi connectivity index (χ1n) is 9.56. The van der Waals surface area contributed by atoms with E-state index in [-0.39, 0.29) is 0 Å². The summed E-state index contributed by atoms with van der Waals surface area (Å²) < 4.78 is 7.62. The van der Waals surface area contributed by atoms with Gasteiger partial charge in [-0.3, -0.25) is 5.10 Å². The maximum Gasteiger partial charge on any atom is 0.150 e. The van der Waals surface area contributed by atoms with E-state index in [4.69, 9.17) is 4.74 Å². The molecule has 142 valence electrons. The van der Waals surface area contributed by atoms with Gasteiger partial charge in [-0.25, -0.2) is 9.97 Å². The Kier molecular flexibility index (Phi) is 4.29. The van der Waals surface area contributed by atoms with Crippen LogP contribution in [0.5, 0.6) is 0 Å². The number of ether oxygens (including phenoxy) is 1. The second kappa shape index (κ2) is 7.09. The maximum atomic E-state index is 5.49. The molecule has 3 aromatic heterocycles. The monoisotopic (exact) mass is 374 g/mol. The molecule has 0 unspecified atom stereocenters. The van der Waals surface area contributed by atoms with E-state index in [9.17, 15) is 0 Å². The zero-order chi connectivity index (χ0) is 18.9. The Hall–Kier alpha value is -3.19. The highest BCUT2D eigenvalue weighted by molar-refractivity contribution is 6.02. The minimum Gasteiger partial charge on any atom is -0.381 e. The van der Waals surface area contributed by atoms with Crippen molar-refractivity contribution < 1.29 is 4.74 Å².